The first-order valence-electron chi connectivity index (χ1n) is 7.93. The minimum absolute atomic E-state index is 0.345. The van der Waals surface area contributed by atoms with Gasteiger partial charge in [-0.25, -0.2) is 4.79 Å². The van der Waals surface area contributed by atoms with Crippen molar-refractivity contribution in [3.8, 4) is 11.5 Å². The van der Waals surface area contributed by atoms with Crippen LogP contribution in [0.2, 0.25) is 0 Å². The molecule has 0 spiro atoms. The summed E-state index contributed by atoms with van der Waals surface area (Å²) in [5.41, 5.74) is 3.03. The van der Waals surface area contributed by atoms with Gasteiger partial charge in [-0.15, -0.1) is 0 Å². The summed E-state index contributed by atoms with van der Waals surface area (Å²) in [7, 11) is 0. The zero-order chi connectivity index (χ0) is 17.1. The molecule has 2 aromatic rings. The van der Waals surface area contributed by atoms with Gasteiger partial charge in [0.15, 0.2) is 0 Å². The Bertz CT molecular complexity index is 767. The van der Waals surface area contributed by atoms with E-state index < -0.39 is 12.0 Å². The topological polar surface area (TPSA) is 64.6 Å². The molecule has 0 fully saturated rings. The van der Waals surface area contributed by atoms with Crippen LogP contribution in [0.15, 0.2) is 42.5 Å². The van der Waals surface area contributed by atoms with E-state index in [0.717, 1.165) is 17.7 Å². The molecule has 1 N–H and O–H groups in total. The molecular formula is C19H19NO4. The van der Waals surface area contributed by atoms with Crippen LogP contribution >= 0.6 is 0 Å². The number of carbonyl (C=O) groups is 2. The molecule has 1 heterocycles. The maximum Gasteiger partial charge on any atom is 0.334 e. The highest BCUT2D eigenvalue weighted by Crippen LogP contribution is 2.30. The SMILES string of the molecule is CCc1ccc(NC2Cc3ccc(OC(C)=O)cc3OC2=O)cc1. The van der Waals surface area contributed by atoms with Crippen LogP contribution in [0.1, 0.15) is 25.0 Å². The molecule has 5 heteroatoms. The van der Waals surface area contributed by atoms with Crippen LogP contribution in [0.4, 0.5) is 5.69 Å². The number of rotatable bonds is 4. The Morgan fingerprint density at radius 3 is 2.67 bits per heavy atom. The van der Waals surface area contributed by atoms with Gasteiger partial charge < -0.3 is 14.8 Å². The Labute approximate surface area is 140 Å². The van der Waals surface area contributed by atoms with Crippen molar-refractivity contribution >= 4 is 17.6 Å². The lowest BCUT2D eigenvalue weighted by Gasteiger charge is -2.25. The molecule has 1 aliphatic rings. The van der Waals surface area contributed by atoms with E-state index >= 15 is 0 Å². The first-order chi connectivity index (χ1) is 11.5. The number of hydrogen-bond acceptors (Lipinski definition) is 5. The van der Waals surface area contributed by atoms with Crippen LogP contribution in [0.25, 0.3) is 0 Å². The number of carbonyl (C=O) groups excluding carboxylic acids is 2. The van der Waals surface area contributed by atoms with Gasteiger partial charge in [0.2, 0.25) is 0 Å². The van der Waals surface area contributed by atoms with Crippen LogP contribution in [0, 0.1) is 0 Å². The van der Waals surface area contributed by atoms with Crippen molar-refractivity contribution < 1.29 is 19.1 Å². The molecule has 2 aromatic carbocycles. The summed E-state index contributed by atoms with van der Waals surface area (Å²) in [6.45, 7) is 3.43. The Balaban J connectivity index is 1.74. The van der Waals surface area contributed by atoms with Crippen molar-refractivity contribution in [2.75, 3.05) is 5.32 Å². The largest absolute Gasteiger partial charge is 0.427 e. The molecule has 1 unspecified atom stereocenters. The number of fused-ring (bicyclic) bond motifs is 1. The summed E-state index contributed by atoms with van der Waals surface area (Å²) in [6, 6.07) is 12.6. The number of esters is 2. The van der Waals surface area contributed by atoms with Crippen molar-refractivity contribution in [1.82, 2.24) is 0 Å². The van der Waals surface area contributed by atoms with E-state index in [9.17, 15) is 9.59 Å². The quantitative estimate of drug-likeness (QED) is 0.691. The van der Waals surface area contributed by atoms with Gasteiger partial charge in [-0.1, -0.05) is 25.1 Å². The number of hydrogen-bond donors (Lipinski definition) is 1. The van der Waals surface area contributed by atoms with Crippen LogP contribution in [0.5, 0.6) is 11.5 Å². The summed E-state index contributed by atoms with van der Waals surface area (Å²) in [5.74, 6) is 0.0583. The Kier molecular flexibility index (Phi) is 4.51. The van der Waals surface area contributed by atoms with E-state index in [2.05, 4.69) is 12.2 Å². The maximum atomic E-state index is 12.2. The molecule has 0 aliphatic carbocycles. The number of nitrogens with one attached hydrogen (secondary N) is 1. The summed E-state index contributed by atoms with van der Waals surface area (Å²) in [4.78, 5) is 23.2. The molecule has 0 aromatic heterocycles. The van der Waals surface area contributed by atoms with E-state index in [1.807, 2.05) is 30.3 Å². The first kappa shape index (κ1) is 16.1. The zero-order valence-corrected chi connectivity index (χ0v) is 13.7. The molecule has 0 saturated heterocycles. The standard InChI is InChI=1S/C19H19NO4/c1-3-13-4-7-15(8-5-13)20-17-10-14-6-9-16(23-12(2)21)11-18(14)24-19(17)22/h4-9,11,17,20H,3,10H2,1-2H3. The highest BCUT2D eigenvalue weighted by Gasteiger charge is 2.28. The normalized spacial score (nSPS) is 16.1. The van der Waals surface area contributed by atoms with Gasteiger partial charge in [-0.05, 0) is 35.7 Å². The zero-order valence-electron chi connectivity index (χ0n) is 13.7. The second kappa shape index (κ2) is 6.74. The average molecular weight is 325 g/mol. The van der Waals surface area contributed by atoms with Gasteiger partial charge >= 0.3 is 11.9 Å². The van der Waals surface area contributed by atoms with E-state index in [0.29, 0.717) is 17.9 Å². The van der Waals surface area contributed by atoms with Gasteiger partial charge in [0.25, 0.3) is 0 Å². The van der Waals surface area contributed by atoms with Crippen molar-refractivity contribution in [2.24, 2.45) is 0 Å². The lowest BCUT2D eigenvalue weighted by Crippen LogP contribution is -2.38. The Hall–Kier alpha value is -2.82. The summed E-state index contributed by atoms with van der Waals surface area (Å²) >= 11 is 0. The second-order valence-electron chi connectivity index (χ2n) is 5.74. The van der Waals surface area contributed by atoms with Gasteiger partial charge in [0.05, 0.1) is 0 Å². The van der Waals surface area contributed by atoms with E-state index in [-0.39, 0.29) is 5.97 Å². The van der Waals surface area contributed by atoms with Gasteiger partial charge in [0.1, 0.15) is 17.5 Å². The van der Waals surface area contributed by atoms with Crippen molar-refractivity contribution in [2.45, 2.75) is 32.7 Å². The first-order valence-corrected chi connectivity index (χ1v) is 7.93. The number of aryl methyl sites for hydroxylation is 1. The summed E-state index contributed by atoms with van der Waals surface area (Å²) in [6.07, 6.45) is 1.49. The molecule has 0 amide bonds. The molecule has 0 radical (unpaired) electrons. The van der Waals surface area contributed by atoms with E-state index in [1.165, 1.54) is 12.5 Å². The third-order valence-electron chi connectivity index (χ3n) is 3.92. The number of anilines is 1. The molecule has 0 saturated carbocycles. The van der Waals surface area contributed by atoms with Crippen molar-refractivity contribution in [3.63, 3.8) is 0 Å². The van der Waals surface area contributed by atoms with Crippen LogP contribution in [0.3, 0.4) is 0 Å². The molecule has 24 heavy (non-hydrogen) atoms. The van der Waals surface area contributed by atoms with E-state index in [4.69, 9.17) is 9.47 Å². The molecule has 5 nitrogen and oxygen atoms in total. The lowest BCUT2D eigenvalue weighted by molar-refractivity contribution is -0.136. The minimum Gasteiger partial charge on any atom is -0.427 e. The number of ether oxygens (including phenoxy) is 2. The highest BCUT2D eigenvalue weighted by atomic mass is 16.5. The Morgan fingerprint density at radius 2 is 2.00 bits per heavy atom. The van der Waals surface area contributed by atoms with Gasteiger partial charge in [-0.3, -0.25) is 4.79 Å². The summed E-state index contributed by atoms with van der Waals surface area (Å²) < 4.78 is 10.4. The average Bonchev–Trinajstić information content (AvgIpc) is 2.56. The molecule has 1 atom stereocenters. The van der Waals surface area contributed by atoms with Crippen molar-refractivity contribution in [1.29, 1.82) is 0 Å². The molecule has 1 aliphatic heterocycles. The monoisotopic (exact) mass is 325 g/mol. The molecular weight excluding hydrogens is 306 g/mol. The third-order valence-corrected chi connectivity index (χ3v) is 3.92. The fourth-order valence-electron chi connectivity index (χ4n) is 2.66. The number of benzene rings is 2. The smallest absolute Gasteiger partial charge is 0.334 e. The predicted octanol–water partition coefficient (Wildman–Crippen LogP) is 3.12. The molecule has 0 bridgehead atoms. The lowest BCUT2D eigenvalue weighted by atomic mass is 10.0. The fraction of sp³-hybridized carbons (Fsp3) is 0.263. The van der Waals surface area contributed by atoms with Gasteiger partial charge in [0, 0.05) is 25.1 Å². The van der Waals surface area contributed by atoms with Crippen LogP contribution in [-0.2, 0) is 22.4 Å². The van der Waals surface area contributed by atoms with Crippen molar-refractivity contribution in [3.05, 3.63) is 53.6 Å². The van der Waals surface area contributed by atoms with Crippen LogP contribution < -0.4 is 14.8 Å². The predicted molar refractivity (Wildman–Crippen MR) is 90.3 cm³/mol. The molecule has 3 rings (SSSR count). The third kappa shape index (κ3) is 3.56. The van der Waals surface area contributed by atoms with E-state index in [1.54, 1.807) is 12.1 Å². The maximum absolute atomic E-state index is 12.2. The second-order valence-corrected chi connectivity index (χ2v) is 5.74. The van der Waals surface area contributed by atoms with Crippen LogP contribution in [-0.4, -0.2) is 18.0 Å². The highest BCUT2D eigenvalue weighted by molar-refractivity contribution is 5.84. The fourth-order valence-corrected chi connectivity index (χ4v) is 2.66. The Morgan fingerprint density at radius 1 is 1.25 bits per heavy atom. The summed E-state index contributed by atoms with van der Waals surface area (Å²) in [5, 5.41) is 3.21. The molecule has 124 valence electrons. The minimum atomic E-state index is -0.440. The van der Waals surface area contributed by atoms with Gasteiger partial charge in [-0.2, -0.15) is 0 Å².